The van der Waals surface area contributed by atoms with E-state index in [-0.39, 0.29) is 24.0 Å². The zero-order chi connectivity index (χ0) is 17.4. The van der Waals surface area contributed by atoms with Gasteiger partial charge in [-0.2, -0.15) is 0 Å². The van der Waals surface area contributed by atoms with Gasteiger partial charge in [0, 0.05) is 31.9 Å². The average molecular weight is 460 g/mol. The summed E-state index contributed by atoms with van der Waals surface area (Å²) in [7, 11) is 0. The molecule has 6 heteroatoms. The maximum Gasteiger partial charge on any atom is 0.188 e. The minimum atomic E-state index is 0. The number of guanidine groups is 1. The summed E-state index contributed by atoms with van der Waals surface area (Å²) >= 11 is 0. The summed E-state index contributed by atoms with van der Waals surface area (Å²) in [6.07, 6.45) is 3.24. The predicted octanol–water partition coefficient (Wildman–Crippen LogP) is 2.96. The highest BCUT2D eigenvalue weighted by Gasteiger charge is 2.18. The van der Waals surface area contributed by atoms with Crippen molar-refractivity contribution >= 4 is 35.6 Å². The van der Waals surface area contributed by atoms with Crippen LogP contribution in [0.2, 0.25) is 0 Å². The van der Waals surface area contributed by atoms with Crippen LogP contribution in [-0.2, 0) is 6.54 Å². The fourth-order valence-corrected chi connectivity index (χ4v) is 2.91. The summed E-state index contributed by atoms with van der Waals surface area (Å²) in [5, 5.41) is 12.4. The SMILES string of the molecule is CC(C)CCNC(N)=NCc1ccc(N2CCC(CO)CC2)cc1.I. The van der Waals surface area contributed by atoms with E-state index in [4.69, 9.17) is 5.73 Å². The van der Waals surface area contributed by atoms with Crippen LogP contribution >= 0.6 is 24.0 Å². The van der Waals surface area contributed by atoms with Crippen LogP contribution in [0.25, 0.3) is 0 Å². The van der Waals surface area contributed by atoms with Gasteiger partial charge in [0.05, 0.1) is 6.54 Å². The van der Waals surface area contributed by atoms with Crippen molar-refractivity contribution in [1.82, 2.24) is 5.32 Å². The van der Waals surface area contributed by atoms with Gasteiger partial charge >= 0.3 is 0 Å². The first-order valence-electron chi connectivity index (χ1n) is 9.07. The Morgan fingerprint density at radius 3 is 2.48 bits per heavy atom. The molecule has 0 radical (unpaired) electrons. The number of anilines is 1. The topological polar surface area (TPSA) is 73.9 Å². The summed E-state index contributed by atoms with van der Waals surface area (Å²) in [5.74, 6) is 1.66. The van der Waals surface area contributed by atoms with Gasteiger partial charge < -0.3 is 21.1 Å². The Morgan fingerprint density at radius 1 is 1.28 bits per heavy atom. The molecule has 1 fully saturated rings. The minimum Gasteiger partial charge on any atom is -0.396 e. The Morgan fingerprint density at radius 2 is 1.92 bits per heavy atom. The Kier molecular flexibility index (Phi) is 10.2. The fourth-order valence-electron chi connectivity index (χ4n) is 2.91. The van der Waals surface area contributed by atoms with Gasteiger partial charge in [0.1, 0.15) is 0 Å². The number of aliphatic hydroxyl groups excluding tert-OH is 1. The number of hydrogen-bond donors (Lipinski definition) is 3. The molecule has 1 aromatic carbocycles. The lowest BCUT2D eigenvalue weighted by molar-refractivity contribution is 0.203. The number of piperidine rings is 1. The lowest BCUT2D eigenvalue weighted by Gasteiger charge is -2.32. The largest absolute Gasteiger partial charge is 0.396 e. The molecule has 1 aliphatic heterocycles. The van der Waals surface area contributed by atoms with Crippen LogP contribution in [0.3, 0.4) is 0 Å². The van der Waals surface area contributed by atoms with Gasteiger partial charge in [0.2, 0.25) is 0 Å². The summed E-state index contributed by atoms with van der Waals surface area (Å²) in [6, 6.07) is 8.57. The summed E-state index contributed by atoms with van der Waals surface area (Å²) < 4.78 is 0. The van der Waals surface area contributed by atoms with Crippen LogP contribution in [0.4, 0.5) is 5.69 Å². The standard InChI is InChI=1S/C19H32N4O.HI/c1-15(2)7-10-21-19(20)22-13-16-3-5-18(6-4-16)23-11-8-17(14-24)9-12-23;/h3-6,15,17,24H,7-14H2,1-2H3,(H3,20,21,22);1H. The number of benzene rings is 1. The van der Waals surface area contributed by atoms with E-state index in [0.29, 0.717) is 30.9 Å². The molecule has 2 rings (SSSR count). The van der Waals surface area contributed by atoms with Gasteiger partial charge in [0.25, 0.3) is 0 Å². The van der Waals surface area contributed by atoms with Crippen molar-refractivity contribution in [2.75, 3.05) is 31.1 Å². The number of nitrogens with one attached hydrogen (secondary N) is 1. The molecule has 25 heavy (non-hydrogen) atoms. The number of halogens is 1. The first-order chi connectivity index (χ1) is 11.6. The number of nitrogens with zero attached hydrogens (tertiary/aromatic N) is 2. The second-order valence-corrected chi connectivity index (χ2v) is 7.09. The minimum absolute atomic E-state index is 0. The second kappa shape index (κ2) is 11.6. The smallest absolute Gasteiger partial charge is 0.188 e. The van der Waals surface area contributed by atoms with Crippen LogP contribution in [0, 0.1) is 11.8 Å². The van der Waals surface area contributed by atoms with Crippen molar-refractivity contribution in [2.45, 2.75) is 39.7 Å². The molecule has 0 aromatic heterocycles. The van der Waals surface area contributed by atoms with Crippen molar-refractivity contribution in [3.63, 3.8) is 0 Å². The molecular weight excluding hydrogens is 427 g/mol. The van der Waals surface area contributed by atoms with E-state index in [1.165, 1.54) is 5.69 Å². The number of rotatable bonds is 7. The molecule has 1 heterocycles. The van der Waals surface area contributed by atoms with Crippen molar-refractivity contribution in [2.24, 2.45) is 22.6 Å². The molecule has 1 saturated heterocycles. The monoisotopic (exact) mass is 460 g/mol. The highest BCUT2D eigenvalue weighted by atomic mass is 127. The molecule has 1 aliphatic rings. The van der Waals surface area contributed by atoms with Gasteiger partial charge in [-0.3, -0.25) is 0 Å². The third-order valence-corrected chi connectivity index (χ3v) is 4.63. The van der Waals surface area contributed by atoms with Crippen LogP contribution in [0.1, 0.15) is 38.7 Å². The Balaban J connectivity index is 0.00000312. The highest BCUT2D eigenvalue weighted by Crippen LogP contribution is 2.23. The van der Waals surface area contributed by atoms with Gasteiger partial charge in [-0.15, -0.1) is 24.0 Å². The van der Waals surface area contributed by atoms with Crippen molar-refractivity contribution in [3.8, 4) is 0 Å². The Labute approximate surface area is 169 Å². The number of aliphatic hydroxyl groups is 1. The molecule has 0 atom stereocenters. The molecule has 0 spiro atoms. The zero-order valence-electron chi connectivity index (χ0n) is 15.4. The molecule has 5 nitrogen and oxygen atoms in total. The lowest BCUT2D eigenvalue weighted by atomic mass is 9.97. The van der Waals surface area contributed by atoms with Crippen molar-refractivity contribution in [3.05, 3.63) is 29.8 Å². The van der Waals surface area contributed by atoms with Gasteiger partial charge in [-0.25, -0.2) is 4.99 Å². The third kappa shape index (κ3) is 7.81. The fraction of sp³-hybridized carbons (Fsp3) is 0.632. The van der Waals surface area contributed by atoms with Crippen LogP contribution < -0.4 is 16.0 Å². The predicted molar refractivity (Wildman–Crippen MR) is 117 cm³/mol. The zero-order valence-corrected chi connectivity index (χ0v) is 17.8. The molecular formula is C19H33IN4O. The summed E-state index contributed by atoms with van der Waals surface area (Å²) in [6.45, 7) is 8.23. The van der Waals surface area contributed by atoms with Crippen LogP contribution in [0.5, 0.6) is 0 Å². The third-order valence-electron chi connectivity index (χ3n) is 4.63. The van der Waals surface area contributed by atoms with E-state index in [1.54, 1.807) is 0 Å². The van der Waals surface area contributed by atoms with E-state index < -0.39 is 0 Å². The quantitative estimate of drug-likeness (QED) is 0.332. The van der Waals surface area contributed by atoms with Gasteiger partial charge in [-0.05, 0) is 48.8 Å². The van der Waals surface area contributed by atoms with E-state index in [0.717, 1.165) is 44.5 Å². The average Bonchev–Trinajstić information content (AvgIpc) is 2.60. The Bertz CT molecular complexity index is 511. The molecule has 4 N–H and O–H groups in total. The van der Waals surface area contributed by atoms with E-state index in [1.807, 2.05) is 0 Å². The molecule has 0 amide bonds. The Hall–Kier alpha value is -1.02. The number of hydrogen-bond acceptors (Lipinski definition) is 3. The molecule has 0 bridgehead atoms. The summed E-state index contributed by atoms with van der Waals surface area (Å²) in [5.41, 5.74) is 8.31. The highest BCUT2D eigenvalue weighted by molar-refractivity contribution is 14.0. The first-order valence-corrected chi connectivity index (χ1v) is 9.07. The van der Waals surface area contributed by atoms with Crippen LogP contribution in [-0.4, -0.2) is 37.3 Å². The van der Waals surface area contributed by atoms with Gasteiger partial charge in [0.15, 0.2) is 5.96 Å². The van der Waals surface area contributed by atoms with E-state index in [9.17, 15) is 5.11 Å². The number of aliphatic imine (C=N–C) groups is 1. The lowest BCUT2D eigenvalue weighted by Crippen LogP contribution is -2.34. The maximum absolute atomic E-state index is 9.22. The summed E-state index contributed by atoms with van der Waals surface area (Å²) in [4.78, 5) is 6.79. The van der Waals surface area contributed by atoms with Crippen molar-refractivity contribution in [1.29, 1.82) is 0 Å². The van der Waals surface area contributed by atoms with Gasteiger partial charge in [-0.1, -0.05) is 26.0 Å². The molecule has 142 valence electrons. The first kappa shape index (κ1) is 22.0. The molecule has 1 aromatic rings. The van der Waals surface area contributed by atoms with Crippen LogP contribution in [0.15, 0.2) is 29.3 Å². The molecule has 0 saturated carbocycles. The van der Waals surface area contributed by atoms with E-state index in [2.05, 4.69) is 53.3 Å². The van der Waals surface area contributed by atoms with E-state index >= 15 is 0 Å². The molecule has 0 unspecified atom stereocenters. The maximum atomic E-state index is 9.22. The second-order valence-electron chi connectivity index (χ2n) is 7.09. The van der Waals surface area contributed by atoms with Crippen molar-refractivity contribution < 1.29 is 5.11 Å². The normalized spacial score (nSPS) is 16.0. The molecule has 0 aliphatic carbocycles. The number of nitrogens with two attached hydrogens (primary N) is 1.